The van der Waals surface area contributed by atoms with E-state index < -0.39 is 15.1 Å². The van der Waals surface area contributed by atoms with Crippen molar-refractivity contribution < 1.29 is 13.2 Å². The van der Waals surface area contributed by atoms with Crippen LogP contribution in [0, 0.1) is 11.3 Å². The van der Waals surface area contributed by atoms with Gasteiger partial charge in [-0.3, -0.25) is 4.79 Å². The lowest BCUT2D eigenvalue weighted by Crippen LogP contribution is -2.33. The van der Waals surface area contributed by atoms with Crippen LogP contribution in [0.3, 0.4) is 0 Å². The van der Waals surface area contributed by atoms with Gasteiger partial charge in [0.25, 0.3) is 5.91 Å². The predicted molar refractivity (Wildman–Crippen MR) is 99.7 cm³/mol. The van der Waals surface area contributed by atoms with E-state index in [-0.39, 0.29) is 24.6 Å². The van der Waals surface area contributed by atoms with Gasteiger partial charge < -0.3 is 4.90 Å². The van der Waals surface area contributed by atoms with Gasteiger partial charge >= 0.3 is 0 Å². The minimum atomic E-state index is -3.43. The van der Waals surface area contributed by atoms with E-state index in [4.69, 9.17) is 16.9 Å². The van der Waals surface area contributed by atoms with Crippen molar-refractivity contribution >= 4 is 27.3 Å². The van der Waals surface area contributed by atoms with E-state index in [2.05, 4.69) is 0 Å². The first-order valence-corrected chi connectivity index (χ1v) is 10.3. The minimum Gasteiger partial charge on any atom is -0.338 e. The molecule has 0 radical (unpaired) electrons. The molecule has 0 saturated carbocycles. The maximum atomic E-state index is 12.7. The Kier molecular flexibility index (Phi) is 5.30. The normalized spacial score (nSPS) is 19.4. The van der Waals surface area contributed by atoms with E-state index in [9.17, 15) is 13.2 Å². The zero-order valence-electron chi connectivity index (χ0n) is 13.9. The second-order valence-electron chi connectivity index (χ2n) is 6.15. The van der Waals surface area contributed by atoms with Crippen LogP contribution in [0.2, 0.25) is 5.02 Å². The summed E-state index contributed by atoms with van der Waals surface area (Å²) in [6.45, 7) is 0.434. The Hall–Kier alpha value is -2.36. The quantitative estimate of drug-likeness (QED) is 0.791. The Morgan fingerprint density at radius 1 is 1.15 bits per heavy atom. The summed E-state index contributed by atoms with van der Waals surface area (Å²) in [5.74, 6) is -0.385. The highest BCUT2D eigenvalue weighted by Crippen LogP contribution is 2.34. The van der Waals surface area contributed by atoms with Crippen molar-refractivity contribution in [1.29, 1.82) is 5.26 Å². The van der Waals surface area contributed by atoms with Crippen LogP contribution >= 0.6 is 11.6 Å². The van der Waals surface area contributed by atoms with E-state index in [1.54, 1.807) is 42.5 Å². The molecule has 134 valence electrons. The molecule has 3 rings (SSSR count). The largest absolute Gasteiger partial charge is 0.338 e. The van der Waals surface area contributed by atoms with Gasteiger partial charge in [0.2, 0.25) is 0 Å². The Bertz CT molecular complexity index is 982. The molecule has 1 atom stereocenters. The van der Waals surface area contributed by atoms with E-state index in [0.717, 1.165) is 0 Å². The van der Waals surface area contributed by atoms with Gasteiger partial charge in [-0.25, -0.2) is 8.42 Å². The second kappa shape index (κ2) is 7.48. The van der Waals surface area contributed by atoms with Crippen LogP contribution < -0.4 is 0 Å². The van der Waals surface area contributed by atoms with Crippen LogP contribution in [-0.4, -0.2) is 38.1 Å². The number of hydrogen-bond donors (Lipinski definition) is 0. The number of nitriles is 1. The zero-order chi connectivity index (χ0) is 18.7. The molecule has 5 nitrogen and oxygen atoms in total. The summed E-state index contributed by atoms with van der Waals surface area (Å²) < 4.78 is 25.4. The standard InChI is InChI=1S/C19H17ClN2O3S/c20-17-7-2-1-6-16(17)18-8-9-22(10-11-26(18,24)25)19(23)15-5-3-4-14(12-15)13-21/h1-7,12,18H,8-11H2/t18-/m1/s1. The topological polar surface area (TPSA) is 78.2 Å². The Morgan fingerprint density at radius 3 is 2.65 bits per heavy atom. The Balaban J connectivity index is 1.86. The van der Waals surface area contributed by atoms with Crippen LogP contribution in [0.25, 0.3) is 0 Å². The molecular formula is C19H17ClN2O3S. The fraction of sp³-hybridized carbons (Fsp3) is 0.263. The SMILES string of the molecule is N#Cc1cccc(C(=O)N2CC[C@H](c3ccccc3Cl)S(=O)(=O)CC2)c1. The number of nitrogens with zero attached hydrogens (tertiary/aromatic N) is 2. The fourth-order valence-electron chi connectivity index (χ4n) is 3.14. The van der Waals surface area contributed by atoms with Gasteiger partial charge in [-0.1, -0.05) is 35.9 Å². The molecular weight excluding hydrogens is 372 g/mol. The average Bonchev–Trinajstić information content (AvgIpc) is 2.80. The Labute approximate surface area is 157 Å². The molecule has 2 aromatic rings. The highest BCUT2D eigenvalue weighted by Gasteiger charge is 2.33. The van der Waals surface area contributed by atoms with Crippen LogP contribution in [0.15, 0.2) is 48.5 Å². The summed E-state index contributed by atoms with van der Waals surface area (Å²) in [6.07, 6.45) is 0.287. The summed E-state index contributed by atoms with van der Waals surface area (Å²) in [5.41, 5.74) is 1.36. The average molecular weight is 389 g/mol. The van der Waals surface area contributed by atoms with Crippen molar-refractivity contribution in [2.24, 2.45) is 0 Å². The van der Waals surface area contributed by atoms with Crippen LogP contribution in [0.4, 0.5) is 0 Å². The van der Waals surface area contributed by atoms with Crippen molar-refractivity contribution in [2.75, 3.05) is 18.8 Å². The van der Waals surface area contributed by atoms with Gasteiger partial charge in [0.05, 0.1) is 22.6 Å². The molecule has 0 aromatic heterocycles. The highest BCUT2D eigenvalue weighted by molar-refractivity contribution is 7.91. The maximum absolute atomic E-state index is 12.7. The first-order chi connectivity index (χ1) is 12.4. The molecule has 2 aromatic carbocycles. The number of sulfone groups is 1. The van der Waals surface area contributed by atoms with Gasteiger partial charge in [0, 0.05) is 23.7 Å². The van der Waals surface area contributed by atoms with Crippen molar-refractivity contribution in [3.8, 4) is 6.07 Å². The smallest absolute Gasteiger partial charge is 0.253 e. The van der Waals surface area contributed by atoms with E-state index >= 15 is 0 Å². The highest BCUT2D eigenvalue weighted by atomic mass is 35.5. The number of carbonyl (C=O) groups is 1. The number of carbonyl (C=O) groups excluding carboxylic acids is 1. The van der Waals surface area contributed by atoms with Gasteiger partial charge in [-0.2, -0.15) is 5.26 Å². The molecule has 0 unspecified atom stereocenters. The van der Waals surface area contributed by atoms with Crippen molar-refractivity contribution in [2.45, 2.75) is 11.7 Å². The van der Waals surface area contributed by atoms with Crippen LogP contribution in [-0.2, 0) is 9.84 Å². The number of halogens is 1. The molecule has 1 saturated heterocycles. The monoisotopic (exact) mass is 388 g/mol. The number of benzene rings is 2. The predicted octanol–water partition coefficient (Wildman–Crippen LogP) is 3.21. The lowest BCUT2D eigenvalue weighted by Gasteiger charge is -2.20. The third kappa shape index (κ3) is 3.74. The molecule has 1 amide bonds. The molecule has 1 fully saturated rings. The number of rotatable bonds is 2. The van der Waals surface area contributed by atoms with E-state index in [1.807, 2.05) is 6.07 Å². The van der Waals surface area contributed by atoms with E-state index in [0.29, 0.717) is 28.3 Å². The van der Waals surface area contributed by atoms with Crippen molar-refractivity contribution in [3.05, 3.63) is 70.2 Å². The van der Waals surface area contributed by atoms with Crippen LogP contribution in [0.5, 0.6) is 0 Å². The van der Waals surface area contributed by atoms with E-state index in [1.165, 1.54) is 11.0 Å². The second-order valence-corrected chi connectivity index (χ2v) is 8.86. The number of hydrogen-bond acceptors (Lipinski definition) is 4. The summed E-state index contributed by atoms with van der Waals surface area (Å²) in [7, 11) is -3.43. The molecule has 0 bridgehead atoms. The maximum Gasteiger partial charge on any atom is 0.253 e. The molecule has 0 aliphatic carbocycles. The van der Waals surface area contributed by atoms with Crippen LogP contribution in [0.1, 0.15) is 33.2 Å². The van der Waals surface area contributed by atoms with Gasteiger partial charge in [-0.05, 0) is 36.2 Å². The molecule has 26 heavy (non-hydrogen) atoms. The Morgan fingerprint density at radius 2 is 1.92 bits per heavy atom. The summed E-state index contributed by atoms with van der Waals surface area (Å²) in [6, 6.07) is 15.3. The third-order valence-electron chi connectivity index (χ3n) is 4.52. The summed E-state index contributed by atoms with van der Waals surface area (Å²) in [4.78, 5) is 14.3. The first kappa shape index (κ1) is 18.4. The summed E-state index contributed by atoms with van der Waals surface area (Å²) >= 11 is 6.19. The summed E-state index contributed by atoms with van der Waals surface area (Å²) in [5, 5.41) is 8.68. The minimum absolute atomic E-state index is 0.118. The first-order valence-electron chi connectivity index (χ1n) is 8.18. The number of amides is 1. The molecule has 1 heterocycles. The van der Waals surface area contributed by atoms with Crippen molar-refractivity contribution in [3.63, 3.8) is 0 Å². The fourth-order valence-corrected chi connectivity index (χ4v) is 5.29. The zero-order valence-corrected chi connectivity index (χ0v) is 15.5. The molecule has 1 aliphatic heterocycles. The van der Waals surface area contributed by atoms with Gasteiger partial charge in [0.15, 0.2) is 9.84 Å². The molecule has 1 aliphatic rings. The lowest BCUT2D eigenvalue weighted by molar-refractivity contribution is 0.0766. The third-order valence-corrected chi connectivity index (χ3v) is 6.97. The lowest BCUT2D eigenvalue weighted by atomic mass is 10.1. The molecule has 0 spiro atoms. The van der Waals surface area contributed by atoms with Crippen molar-refractivity contribution in [1.82, 2.24) is 4.90 Å². The molecule has 7 heteroatoms. The molecule has 0 N–H and O–H groups in total. The van der Waals surface area contributed by atoms with Gasteiger partial charge in [-0.15, -0.1) is 0 Å². The van der Waals surface area contributed by atoms with Gasteiger partial charge in [0.1, 0.15) is 0 Å².